The minimum absolute atomic E-state index is 0.106. The van der Waals surface area contributed by atoms with Crippen LogP contribution in [0.15, 0.2) is 35.2 Å². The number of nitrogens with zero attached hydrogens (tertiary/aromatic N) is 1. The molecule has 3 nitrogen and oxygen atoms in total. The molecule has 2 atom stereocenters. The normalized spacial score (nSPS) is 20.6. The number of benzene rings is 1. The highest BCUT2D eigenvalue weighted by molar-refractivity contribution is 7.99. The molecule has 0 bridgehead atoms. The molecular formula is C17H26N2OS. The second-order valence-electron chi connectivity index (χ2n) is 6.91. The van der Waals surface area contributed by atoms with Crippen molar-refractivity contribution in [2.75, 3.05) is 18.8 Å². The fourth-order valence-corrected chi connectivity index (χ4v) is 3.52. The average Bonchev–Trinajstić information content (AvgIpc) is 2.92. The molecule has 2 rings (SSSR count). The summed E-state index contributed by atoms with van der Waals surface area (Å²) >= 11 is 1.88. The van der Waals surface area contributed by atoms with E-state index in [2.05, 4.69) is 24.3 Å². The standard InChI is InChI=1S/C17H26N2OS/c1-17(2,3)15(18)16(20)19-10-9-13(11-19)12-21-14-7-5-4-6-8-14/h4-8,13,15H,9-12,18H2,1-3H3/t13-,15+/m0/s1. The van der Waals surface area contributed by atoms with E-state index in [4.69, 9.17) is 5.73 Å². The Morgan fingerprint density at radius 3 is 2.67 bits per heavy atom. The van der Waals surface area contributed by atoms with Crippen LogP contribution >= 0.6 is 11.8 Å². The van der Waals surface area contributed by atoms with Crippen molar-refractivity contribution < 1.29 is 4.79 Å². The van der Waals surface area contributed by atoms with Crippen molar-refractivity contribution in [2.24, 2.45) is 17.1 Å². The molecule has 2 N–H and O–H groups in total. The summed E-state index contributed by atoms with van der Waals surface area (Å²) in [6, 6.07) is 10.0. The molecule has 1 aliphatic rings. The van der Waals surface area contributed by atoms with Gasteiger partial charge >= 0.3 is 0 Å². The first kappa shape index (κ1) is 16.4. The number of rotatable bonds is 4. The zero-order valence-corrected chi connectivity index (χ0v) is 14.0. The number of hydrogen-bond acceptors (Lipinski definition) is 3. The molecule has 1 amide bonds. The highest BCUT2D eigenvalue weighted by atomic mass is 32.2. The van der Waals surface area contributed by atoms with Gasteiger partial charge in [-0.2, -0.15) is 0 Å². The molecule has 21 heavy (non-hydrogen) atoms. The summed E-state index contributed by atoms with van der Waals surface area (Å²) in [5, 5.41) is 0. The summed E-state index contributed by atoms with van der Waals surface area (Å²) in [4.78, 5) is 15.7. The Balaban J connectivity index is 1.82. The Morgan fingerprint density at radius 1 is 1.38 bits per heavy atom. The maximum Gasteiger partial charge on any atom is 0.240 e. The lowest BCUT2D eigenvalue weighted by Gasteiger charge is -2.30. The van der Waals surface area contributed by atoms with Gasteiger partial charge in [-0.25, -0.2) is 0 Å². The second-order valence-corrected chi connectivity index (χ2v) is 8.00. The van der Waals surface area contributed by atoms with Crippen molar-refractivity contribution in [3.05, 3.63) is 30.3 Å². The second kappa shape index (κ2) is 6.84. The summed E-state index contributed by atoms with van der Waals surface area (Å²) in [6.07, 6.45) is 1.09. The van der Waals surface area contributed by atoms with Crippen molar-refractivity contribution in [1.82, 2.24) is 4.90 Å². The van der Waals surface area contributed by atoms with Crippen LogP contribution in [0.5, 0.6) is 0 Å². The van der Waals surface area contributed by atoms with Gasteiger partial charge in [0.05, 0.1) is 6.04 Å². The highest BCUT2D eigenvalue weighted by Crippen LogP contribution is 2.27. The molecule has 116 valence electrons. The van der Waals surface area contributed by atoms with Crippen molar-refractivity contribution in [1.29, 1.82) is 0 Å². The Kier molecular flexibility index (Phi) is 5.33. The van der Waals surface area contributed by atoms with E-state index in [-0.39, 0.29) is 11.3 Å². The molecule has 0 saturated carbocycles. The van der Waals surface area contributed by atoms with E-state index in [1.54, 1.807) is 0 Å². The molecule has 1 aromatic rings. The van der Waals surface area contributed by atoms with Gasteiger partial charge in [-0.1, -0.05) is 39.0 Å². The van der Waals surface area contributed by atoms with Crippen molar-refractivity contribution in [3.8, 4) is 0 Å². The van der Waals surface area contributed by atoms with E-state index >= 15 is 0 Å². The van der Waals surface area contributed by atoms with E-state index in [9.17, 15) is 4.79 Å². The highest BCUT2D eigenvalue weighted by Gasteiger charge is 2.34. The largest absolute Gasteiger partial charge is 0.341 e. The van der Waals surface area contributed by atoms with Crippen LogP contribution in [0.3, 0.4) is 0 Å². The quantitative estimate of drug-likeness (QED) is 0.870. The third-order valence-corrected chi connectivity index (χ3v) is 5.27. The molecule has 0 spiro atoms. The van der Waals surface area contributed by atoms with Crippen LogP contribution in [-0.4, -0.2) is 35.7 Å². The van der Waals surface area contributed by atoms with Crippen molar-refractivity contribution in [3.63, 3.8) is 0 Å². The van der Waals surface area contributed by atoms with Crippen LogP contribution in [-0.2, 0) is 4.79 Å². The zero-order valence-electron chi connectivity index (χ0n) is 13.2. The van der Waals surface area contributed by atoms with Gasteiger partial charge < -0.3 is 10.6 Å². The monoisotopic (exact) mass is 306 g/mol. The van der Waals surface area contributed by atoms with Crippen molar-refractivity contribution >= 4 is 17.7 Å². The molecule has 1 saturated heterocycles. The van der Waals surface area contributed by atoms with Gasteiger partial charge in [-0.05, 0) is 29.9 Å². The minimum atomic E-state index is -0.405. The average molecular weight is 306 g/mol. The number of nitrogens with two attached hydrogens (primary N) is 1. The first-order chi connectivity index (χ1) is 9.88. The lowest BCUT2D eigenvalue weighted by atomic mass is 9.86. The van der Waals surface area contributed by atoms with E-state index < -0.39 is 6.04 Å². The van der Waals surface area contributed by atoms with E-state index in [1.165, 1.54) is 4.90 Å². The number of carbonyl (C=O) groups is 1. The minimum Gasteiger partial charge on any atom is -0.341 e. The summed E-state index contributed by atoms with van der Waals surface area (Å²) in [6.45, 7) is 7.77. The Hall–Kier alpha value is -1.00. The summed E-state index contributed by atoms with van der Waals surface area (Å²) in [5.41, 5.74) is 5.92. The van der Waals surface area contributed by atoms with Gasteiger partial charge in [-0.15, -0.1) is 11.8 Å². The molecule has 0 aliphatic carbocycles. The fourth-order valence-electron chi connectivity index (χ4n) is 2.47. The van der Waals surface area contributed by atoms with Gasteiger partial charge in [0.1, 0.15) is 0 Å². The third-order valence-electron chi connectivity index (χ3n) is 4.03. The van der Waals surface area contributed by atoms with Gasteiger partial charge in [0, 0.05) is 23.7 Å². The summed E-state index contributed by atoms with van der Waals surface area (Å²) in [5.74, 6) is 1.75. The molecule has 1 fully saturated rings. The zero-order chi connectivity index (χ0) is 15.5. The summed E-state index contributed by atoms with van der Waals surface area (Å²) in [7, 11) is 0. The molecule has 1 aliphatic heterocycles. The molecule has 4 heteroatoms. The number of hydrogen-bond donors (Lipinski definition) is 1. The number of thioether (sulfide) groups is 1. The predicted molar refractivity (Wildman–Crippen MR) is 89.3 cm³/mol. The van der Waals surface area contributed by atoms with Gasteiger partial charge in [0.2, 0.25) is 5.91 Å². The number of carbonyl (C=O) groups excluding carboxylic acids is 1. The Labute approximate surface area is 132 Å². The molecule has 0 unspecified atom stereocenters. The molecular weight excluding hydrogens is 280 g/mol. The smallest absolute Gasteiger partial charge is 0.240 e. The first-order valence-corrected chi connectivity index (χ1v) is 8.58. The topological polar surface area (TPSA) is 46.3 Å². The number of likely N-dealkylation sites (tertiary alicyclic amines) is 1. The van der Waals surface area contributed by atoms with Crippen LogP contribution in [0.1, 0.15) is 27.2 Å². The fraction of sp³-hybridized carbons (Fsp3) is 0.588. The maximum absolute atomic E-state index is 12.4. The van der Waals surface area contributed by atoms with Gasteiger partial charge in [-0.3, -0.25) is 4.79 Å². The lowest BCUT2D eigenvalue weighted by molar-refractivity contribution is -0.134. The molecule has 1 heterocycles. The molecule has 0 radical (unpaired) electrons. The van der Waals surface area contributed by atoms with Crippen LogP contribution in [0, 0.1) is 11.3 Å². The van der Waals surface area contributed by atoms with Gasteiger partial charge in [0.15, 0.2) is 0 Å². The summed E-state index contributed by atoms with van der Waals surface area (Å²) < 4.78 is 0. The molecule has 1 aromatic carbocycles. The van der Waals surface area contributed by atoms with Gasteiger partial charge in [0.25, 0.3) is 0 Å². The van der Waals surface area contributed by atoms with Crippen LogP contribution in [0.25, 0.3) is 0 Å². The third kappa shape index (κ3) is 4.48. The van der Waals surface area contributed by atoms with Crippen molar-refractivity contribution in [2.45, 2.75) is 38.1 Å². The van der Waals surface area contributed by atoms with E-state index in [0.29, 0.717) is 5.92 Å². The first-order valence-electron chi connectivity index (χ1n) is 7.60. The SMILES string of the molecule is CC(C)(C)[C@H](N)C(=O)N1CC[C@H](CSc2ccccc2)C1. The number of amides is 1. The van der Waals surface area contributed by atoms with E-state index in [0.717, 1.165) is 25.3 Å². The molecule has 0 aromatic heterocycles. The Morgan fingerprint density at radius 2 is 2.05 bits per heavy atom. The van der Waals surface area contributed by atoms with E-state index in [1.807, 2.05) is 43.5 Å². The Bertz CT molecular complexity index is 469. The van der Waals surface area contributed by atoms with Crippen LogP contribution in [0.4, 0.5) is 0 Å². The predicted octanol–water partition coefficient (Wildman–Crippen LogP) is 3.00. The van der Waals surface area contributed by atoms with Crippen LogP contribution < -0.4 is 5.73 Å². The van der Waals surface area contributed by atoms with Crippen LogP contribution in [0.2, 0.25) is 0 Å². The maximum atomic E-state index is 12.4. The lowest BCUT2D eigenvalue weighted by Crippen LogP contribution is -2.49.